The molecule has 1 heterocycles. The normalized spacial score (nSPS) is 19.8. The van der Waals surface area contributed by atoms with Crippen molar-refractivity contribution < 1.29 is 12.8 Å². The molecule has 0 unspecified atom stereocenters. The Morgan fingerprint density at radius 1 is 1.35 bits per heavy atom. The summed E-state index contributed by atoms with van der Waals surface area (Å²) in [6.07, 6.45) is 5.02. The van der Waals surface area contributed by atoms with Crippen LogP contribution >= 0.6 is 0 Å². The van der Waals surface area contributed by atoms with Crippen molar-refractivity contribution in [2.45, 2.75) is 44.0 Å². The molecule has 1 aromatic heterocycles. The van der Waals surface area contributed by atoms with Crippen LogP contribution in [0.1, 0.15) is 37.2 Å². The van der Waals surface area contributed by atoms with E-state index < -0.39 is 10.0 Å². The van der Waals surface area contributed by atoms with Crippen molar-refractivity contribution in [3.63, 3.8) is 0 Å². The minimum atomic E-state index is -3.49. The quantitative estimate of drug-likeness (QED) is 0.803. The first-order valence-electron chi connectivity index (χ1n) is 7.30. The largest absolute Gasteiger partial charge is 0.464 e. The van der Waals surface area contributed by atoms with E-state index in [1.165, 1.54) is 31.7 Å². The lowest BCUT2D eigenvalue weighted by atomic mass is 9.99. The Hall–Kier alpha value is -0.850. The van der Waals surface area contributed by atoms with E-state index in [-0.39, 0.29) is 11.4 Å². The molecule has 0 aromatic carbocycles. The Balaban J connectivity index is 1.69. The predicted octanol–water partition coefficient (Wildman–Crippen LogP) is 1.76. The molecule has 1 aromatic rings. The zero-order valence-corrected chi connectivity index (χ0v) is 12.6. The second-order valence-corrected chi connectivity index (χ2v) is 7.76. The number of rotatable bonds is 7. The fourth-order valence-corrected chi connectivity index (χ4v) is 4.22. The summed E-state index contributed by atoms with van der Waals surface area (Å²) in [5.74, 6) is 2.90. The third kappa shape index (κ3) is 2.92. The molecule has 112 valence electrons. The van der Waals surface area contributed by atoms with Gasteiger partial charge < -0.3 is 10.2 Å². The molecular weight excluding hydrogens is 276 g/mol. The van der Waals surface area contributed by atoms with Crippen molar-refractivity contribution in [3.05, 3.63) is 17.6 Å². The summed E-state index contributed by atoms with van der Waals surface area (Å²) < 4.78 is 32.8. The van der Waals surface area contributed by atoms with E-state index in [9.17, 15) is 8.42 Å². The molecular formula is C14H22N2O3S. The van der Waals surface area contributed by atoms with E-state index in [2.05, 4.69) is 4.72 Å². The standard InChI is InChI=1S/C14H22N2O3S/c1-9-14(6-12(7-15)19-9)20(17,18)16-8-13(10-2-3-10)11-4-5-11/h6,10-11,13,16H,2-5,7-8,15H2,1H3. The van der Waals surface area contributed by atoms with Crippen LogP contribution in [-0.2, 0) is 16.6 Å². The van der Waals surface area contributed by atoms with Gasteiger partial charge in [-0.05, 0) is 50.4 Å². The summed E-state index contributed by atoms with van der Waals surface area (Å²) in [7, 11) is -3.49. The monoisotopic (exact) mass is 298 g/mol. The summed E-state index contributed by atoms with van der Waals surface area (Å²) in [4.78, 5) is 0.225. The average molecular weight is 298 g/mol. The number of aryl methyl sites for hydroxylation is 1. The highest BCUT2D eigenvalue weighted by atomic mass is 32.2. The molecule has 0 bridgehead atoms. The van der Waals surface area contributed by atoms with E-state index in [1.54, 1.807) is 6.92 Å². The van der Waals surface area contributed by atoms with Gasteiger partial charge in [0.05, 0.1) is 6.54 Å². The van der Waals surface area contributed by atoms with E-state index in [4.69, 9.17) is 10.2 Å². The third-order valence-corrected chi connectivity index (χ3v) is 5.91. The van der Waals surface area contributed by atoms with Crippen LogP contribution in [0.25, 0.3) is 0 Å². The van der Waals surface area contributed by atoms with E-state index in [0.717, 1.165) is 11.8 Å². The first-order chi connectivity index (χ1) is 9.51. The molecule has 0 aliphatic heterocycles. The topological polar surface area (TPSA) is 85.3 Å². The maximum atomic E-state index is 12.4. The third-order valence-electron chi connectivity index (χ3n) is 4.38. The Kier molecular flexibility index (Phi) is 3.64. The predicted molar refractivity (Wildman–Crippen MR) is 75.5 cm³/mol. The van der Waals surface area contributed by atoms with E-state index in [0.29, 0.717) is 24.0 Å². The summed E-state index contributed by atoms with van der Waals surface area (Å²) >= 11 is 0. The second-order valence-electron chi connectivity index (χ2n) is 6.03. The fourth-order valence-electron chi connectivity index (χ4n) is 2.94. The number of nitrogens with two attached hydrogens (primary N) is 1. The van der Waals surface area contributed by atoms with Crippen molar-refractivity contribution in [3.8, 4) is 0 Å². The summed E-state index contributed by atoms with van der Waals surface area (Å²) in [5.41, 5.74) is 5.48. The molecule has 2 aliphatic rings. The average Bonchev–Trinajstić information content (AvgIpc) is 3.29. The lowest BCUT2D eigenvalue weighted by molar-refractivity contribution is 0.401. The van der Waals surface area contributed by atoms with Crippen LogP contribution in [0, 0.1) is 24.7 Å². The number of hydrogen-bond acceptors (Lipinski definition) is 4. The summed E-state index contributed by atoms with van der Waals surface area (Å²) in [6.45, 7) is 2.43. The minimum Gasteiger partial charge on any atom is -0.464 e. The number of sulfonamides is 1. The number of nitrogens with one attached hydrogen (secondary N) is 1. The van der Waals surface area contributed by atoms with Crippen LogP contribution in [0.3, 0.4) is 0 Å². The van der Waals surface area contributed by atoms with Crippen molar-refractivity contribution >= 4 is 10.0 Å². The maximum Gasteiger partial charge on any atom is 0.244 e. The van der Waals surface area contributed by atoms with Gasteiger partial charge in [0.2, 0.25) is 10.0 Å². The molecule has 2 aliphatic carbocycles. The van der Waals surface area contributed by atoms with Crippen molar-refractivity contribution in [2.24, 2.45) is 23.5 Å². The Morgan fingerprint density at radius 3 is 2.40 bits per heavy atom. The summed E-state index contributed by atoms with van der Waals surface area (Å²) in [5, 5.41) is 0. The van der Waals surface area contributed by atoms with Gasteiger partial charge in [0, 0.05) is 12.6 Å². The molecule has 6 heteroatoms. The molecule has 20 heavy (non-hydrogen) atoms. The molecule has 2 fully saturated rings. The molecule has 0 amide bonds. The van der Waals surface area contributed by atoms with Crippen LogP contribution in [0.15, 0.2) is 15.4 Å². The maximum absolute atomic E-state index is 12.4. The zero-order chi connectivity index (χ0) is 14.3. The van der Waals surface area contributed by atoms with Crippen LogP contribution in [0.2, 0.25) is 0 Å². The van der Waals surface area contributed by atoms with Crippen LogP contribution in [-0.4, -0.2) is 15.0 Å². The molecule has 0 spiro atoms. The Labute approximate surface area is 120 Å². The molecule has 5 nitrogen and oxygen atoms in total. The van der Waals surface area contributed by atoms with E-state index in [1.807, 2.05) is 0 Å². The van der Waals surface area contributed by atoms with Gasteiger partial charge in [-0.1, -0.05) is 0 Å². The van der Waals surface area contributed by atoms with Crippen molar-refractivity contribution in [1.29, 1.82) is 0 Å². The van der Waals surface area contributed by atoms with Gasteiger partial charge in [-0.25, -0.2) is 13.1 Å². The Morgan fingerprint density at radius 2 is 1.95 bits per heavy atom. The highest BCUT2D eigenvalue weighted by Crippen LogP contribution is 2.48. The molecule has 3 N–H and O–H groups in total. The molecule has 0 radical (unpaired) electrons. The molecule has 0 saturated heterocycles. The zero-order valence-electron chi connectivity index (χ0n) is 11.8. The SMILES string of the molecule is Cc1oc(CN)cc1S(=O)(=O)NCC(C1CC1)C1CC1. The Bertz CT molecular complexity index is 574. The second kappa shape index (κ2) is 5.16. The molecule has 2 saturated carbocycles. The highest BCUT2D eigenvalue weighted by molar-refractivity contribution is 7.89. The van der Waals surface area contributed by atoms with Gasteiger partial charge in [0.25, 0.3) is 0 Å². The molecule has 3 rings (SSSR count). The highest BCUT2D eigenvalue weighted by Gasteiger charge is 2.41. The van der Waals surface area contributed by atoms with Gasteiger partial charge in [0.15, 0.2) is 0 Å². The number of furan rings is 1. The fraction of sp³-hybridized carbons (Fsp3) is 0.714. The van der Waals surface area contributed by atoms with Crippen LogP contribution < -0.4 is 10.5 Å². The van der Waals surface area contributed by atoms with E-state index >= 15 is 0 Å². The lowest BCUT2D eigenvalue weighted by Crippen LogP contribution is -2.31. The van der Waals surface area contributed by atoms with Gasteiger partial charge >= 0.3 is 0 Å². The lowest BCUT2D eigenvalue weighted by Gasteiger charge is -2.16. The minimum absolute atomic E-state index is 0.211. The number of hydrogen-bond donors (Lipinski definition) is 2. The first-order valence-corrected chi connectivity index (χ1v) is 8.78. The van der Waals surface area contributed by atoms with Crippen LogP contribution in [0.4, 0.5) is 0 Å². The van der Waals surface area contributed by atoms with Gasteiger partial charge in [0.1, 0.15) is 16.4 Å². The smallest absolute Gasteiger partial charge is 0.244 e. The first kappa shape index (κ1) is 14.1. The van der Waals surface area contributed by atoms with Crippen molar-refractivity contribution in [2.75, 3.05) is 6.54 Å². The van der Waals surface area contributed by atoms with Gasteiger partial charge in [-0.3, -0.25) is 0 Å². The van der Waals surface area contributed by atoms with Crippen molar-refractivity contribution in [1.82, 2.24) is 4.72 Å². The van der Waals surface area contributed by atoms with Gasteiger partial charge in [-0.2, -0.15) is 0 Å². The van der Waals surface area contributed by atoms with Gasteiger partial charge in [-0.15, -0.1) is 0 Å². The summed E-state index contributed by atoms with van der Waals surface area (Å²) in [6, 6.07) is 1.53. The van der Waals surface area contributed by atoms with Crippen LogP contribution in [0.5, 0.6) is 0 Å². The molecule has 0 atom stereocenters.